The first-order valence-electron chi connectivity index (χ1n) is 9.34. The van der Waals surface area contributed by atoms with Crippen molar-refractivity contribution >= 4 is 22.6 Å². The van der Waals surface area contributed by atoms with Crippen LogP contribution in [0.3, 0.4) is 0 Å². The smallest absolute Gasteiger partial charge is 0.253 e. The van der Waals surface area contributed by atoms with Gasteiger partial charge in [-0.05, 0) is 25.1 Å². The molecule has 0 bridgehead atoms. The Kier molecular flexibility index (Phi) is 4.77. The van der Waals surface area contributed by atoms with Crippen LogP contribution in [0.25, 0.3) is 10.9 Å². The van der Waals surface area contributed by atoms with Gasteiger partial charge < -0.3 is 9.88 Å². The maximum atomic E-state index is 13.0. The van der Waals surface area contributed by atoms with Crippen molar-refractivity contribution in [2.45, 2.75) is 13.0 Å². The normalized spacial score (nSPS) is 16.4. The lowest BCUT2D eigenvalue weighted by Crippen LogP contribution is -2.53. The van der Waals surface area contributed by atoms with E-state index >= 15 is 0 Å². The molecule has 5 nitrogen and oxygen atoms in total. The molecule has 0 radical (unpaired) electrons. The van der Waals surface area contributed by atoms with Crippen LogP contribution < -0.4 is 0 Å². The number of nitrogens with one attached hydrogen (secondary N) is 1. The number of Topliss-reactive ketones (excluding diaryl/α,β-unsaturated/α-hetero) is 1. The average Bonchev–Trinajstić information content (AvgIpc) is 3.17. The van der Waals surface area contributed by atoms with E-state index in [1.165, 1.54) is 0 Å². The van der Waals surface area contributed by atoms with Crippen molar-refractivity contribution in [3.63, 3.8) is 0 Å². The Balaban J connectivity index is 1.42. The van der Waals surface area contributed by atoms with Crippen molar-refractivity contribution in [3.8, 4) is 0 Å². The number of carbonyl (C=O) groups excluding carboxylic acids is 2. The molecule has 0 saturated carbocycles. The van der Waals surface area contributed by atoms with Gasteiger partial charge in [-0.25, -0.2) is 0 Å². The molecule has 1 N–H and O–H groups in total. The molecule has 1 saturated heterocycles. The first kappa shape index (κ1) is 17.5. The van der Waals surface area contributed by atoms with Crippen LogP contribution in [0.4, 0.5) is 0 Å². The van der Waals surface area contributed by atoms with Gasteiger partial charge in [0.25, 0.3) is 5.91 Å². The largest absolute Gasteiger partial charge is 0.360 e. The summed E-state index contributed by atoms with van der Waals surface area (Å²) in [5, 5.41) is 0.965. The van der Waals surface area contributed by atoms with Crippen molar-refractivity contribution in [3.05, 3.63) is 71.9 Å². The summed E-state index contributed by atoms with van der Waals surface area (Å²) >= 11 is 0. The van der Waals surface area contributed by atoms with E-state index in [1.54, 1.807) is 6.20 Å². The zero-order valence-corrected chi connectivity index (χ0v) is 15.4. The Morgan fingerprint density at radius 3 is 2.33 bits per heavy atom. The number of amides is 1. The number of benzene rings is 2. The highest BCUT2D eigenvalue weighted by atomic mass is 16.2. The fraction of sp³-hybridized carbons (Fsp3) is 0.273. The predicted octanol–water partition coefficient (Wildman–Crippen LogP) is 3.20. The van der Waals surface area contributed by atoms with Crippen molar-refractivity contribution in [1.82, 2.24) is 14.8 Å². The molecule has 5 heteroatoms. The first-order chi connectivity index (χ1) is 13.1. The molecule has 3 aromatic rings. The molecule has 4 rings (SSSR count). The van der Waals surface area contributed by atoms with E-state index in [0.717, 1.165) is 16.5 Å². The first-order valence-corrected chi connectivity index (χ1v) is 9.34. The molecule has 27 heavy (non-hydrogen) atoms. The number of aromatic nitrogens is 1. The lowest BCUT2D eigenvalue weighted by atomic mass is 10.0. The van der Waals surface area contributed by atoms with E-state index < -0.39 is 0 Å². The van der Waals surface area contributed by atoms with Crippen LogP contribution >= 0.6 is 0 Å². The highest BCUT2D eigenvalue weighted by Crippen LogP contribution is 2.21. The summed E-state index contributed by atoms with van der Waals surface area (Å²) in [6.07, 6.45) is 1.80. The maximum Gasteiger partial charge on any atom is 0.253 e. The maximum absolute atomic E-state index is 13.0. The number of para-hydroxylation sites is 1. The topological polar surface area (TPSA) is 56.4 Å². The van der Waals surface area contributed by atoms with E-state index in [4.69, 9.17) is 0 Å². The lowest BCUT2D eigenvalue weighted by Gasteiger charge is -2.37. The molecular weight excluding hydrogens is 338 g/mol. The number of ketones is 1. The Bertz CT molecular complexity index is 956. The summed E-state index contributed by atoms with van der Waals surface area (Å²) in [4.78, 5) is 32.8. The summed E-state index contributed by atoms with van der Waals surface area (Å²) in [6, 6.07) is 17.0. The second-order valence-corrected chi connectivity index (χ2v) is 6.98. The molecule has 138 valence electrons. The summed E-state index contributed by atoms with van der Waals surface area (Å²) in [6.45, 7) is 4.64. The summed E-state index contributed by atoms with van der Waals surface area (Å²) in [7, 11) is 0. The summed E-state index contributed by atoms with van der Waals surface area (Å²) < 4.78 is 0. The van der Waals surface area contributed by atoms with Gasteiger partial charge in [-0.15, -0.1) is 0 Å². The van der Waals surface area contributed by atoms with Gasteiger partial charge in [-0.2, -0.15) is 0 Å². The molecule has 1 aliphatic heterocycles. The quantitative estimate of drug-likeness (QED) is 0.726. The van der Waals surface area contributed by atoms with Crippen LogP contribution in [0.15, 0.2) is 60.8 Å². The van der Waals surface area contributed by atoms with Crippen LogP contribution in [-0.4, -0.2) is 58.7 Å². The Morgan fingerprint density at radius 2 is 1.59 bits per heavy atom. The number of aromatic amines is 1. The van der Waals surface area contributed by atoms with Crippen LogP contribution in [-0.2, 0) is 0 Å². The number of H-pyrrole nitrogens is 1. The third-order valence-corrected chi connectivity index (χ3v) is 5.40. The zero-order chi connectivity index (χ0) is 18.8. The highest BCUT2D eigenvalue weighted by molar-refractivity contribution is 6.10. The van der Waals surface area contributed by atoms with Crippen LogP contribution in [0.1, 0.15) is 27.6 Å². The zero-order valence-electron chi connectivity index (χ0n) is 15.4. The molecule has 2 heterocycles. The molecule has 0 aliphatic carbocycles. The molecule has 0 spiro atoms. The minimum Gasteiger partial charge on any atom is -0.360 e. The predicted molar refractivity (Wildman–Crippen MR) is 106 cm³/mol. The number of hydrogen-bond donors (Lipinski definition) is 1. The number of fused-ring (bicyclic) bond motifs is 1. The highest BCUT2D eigenvalue weighted by Gasteiger charge is 2.29. The van der Waals surface area contributed by atoms with Gasteiger partial charge in [0.1, 0.15) is 0 Å². The van der Waals surface area contributed by atoms with Gasteiger partial charge in [0.15, 0.2) is 5.78 Å². The van der Waals surface area contributed by atoms with E-state index in [2.05, 4.69) is 9.88 Å². The van der Waals surface area contributed by atoms with Gasteiger partial charge in [0, 0.05) is 54.4 Å². The molecule has 0 unspecified atom stereocenters. The molecule has 1 amide bonds. The summed E-state index contributed by atoms with van der Waals surface area (Å²) in [5.41, 5.74) is 2.43. The SMILES string of the molecule is C[C@H](C(=O)c1c[nH]c2ccccc12)N1CCN(C(=O)c2ccccc2)CC1. The van der Waals surface area contributed by atoms with Gasteiger partial charge in [0.2, 0.25) is 0 Å². The van der Waals surface area contributed by atoms with Crippen molar-refractivity contribution in [2.24, 2.45) is 0 Å². The molecule has 1 aliphatic rings. The minimum atomic E-state index is -0.210. The van der Waals surface area contributed by atoms with Gasteiger partial charge in [-0.3, -0.25) is 14.5 Å². The molecule has 2 aromatic carbocycles. The van der Waals surface area contributed by atoms with Gasteiger partial charge in [-0.1, -0.05) is 36.4 Å². The van der Waals surface area contributed by atoms with E-state index in [1.807, 2.05) is 66.4 Å². The van der Waals surface area contributed by atoms with Gasteiger partial charge in [0.05, 0.1) is 6.04 Å². The Hall–Kier alpha value is -2.92. The number of nitrogens with zero attached hydrogens (tertiary/aromatic N) is 2. The average molecular weight is 361 g/mol. The number of hydrogen-bond acceptors (Lipinski definition) is 3. The second-order valence-electron chi connectivity index (χ2n) is 6.98. The van der Waals surface area contributed by atoms with Crippen molar-refractivity contribution < 1.29 is 9.59 Å². The third-order valence-electron chi connectivity index (χ3n) is 5.40. The van der Waals surface area contributed by atoms with E-state index in [-0.39, 0.29) is 17.7 Å². The van der Waals surface area contributed by atoms with Crippen LogP contribution in [0.5, 0.6) is 0 Å². The van der Waals surface area contributed by atoms with Crippen LogP contribution in [0, 0.1) is 0 Å². The van der Waals surface area contributed by atoms with E-state index in [9.17, 15) is 9.59 Å². The number of rotatable bonds is 4. The third kappa shape index (κ3) is 3.38. The van der Waals surface area contributed by atoms with E-state index in [0.29, 0.717) is 31.7 Å². The van der Waals surface area contributed by atoms with Gasteiger partial charge >= 0.3 is 0 Å². The Labute approximate surface area is 158 Å². The molecule has 1 atom stereocenters. The summed E-state index contributed by atoms with van der Waals surface area (Å²) in [5.74, 6) is 0.182. The number of piperazine rings is 1. The molecule has 1 aromatic heterocycles. The van der Waals surface area contributed by atoms with Crippen molar-refractivity contribution in [2.75, 3.05) is 26.2 Å². The fourth-order valence-corrected chi connectivity index (χ4v) is 3.74. The second kappa shape index (κ2) is 7.37. The van der Waals surface area contributed by atoms with Crippen molar-refractivity contribution in [1.29, 1.82) is 0 Å². The monoisotopic (exact) mass is 361 g/mol. The standard InChI is InChI=1S/C22H23N3O2/c1-16(21(26)19-15-23-20-10-6-5-9-18(19)20)24-11-13-25(14-12-24)22(27)17-7-3-2-4-8-17/h2-10,15-16,23H,11-14H2,1H3/t16-/m1/s1. The fourth-order valence-electron chi connectivity index (χ4n) is 3.74. The minimum absolute atomic E-state index is 0.0610. The lowest BCUT2D eigenvalue weighted by molar-refractivity contribution is 0.0552. The molecular formula is C22H23N3O2. The Morgan fingerprint density at radius 1 is 0.926 bits per heavy atom. The number of carbonyl (C=O) groups is 2. The molecule has 1 fully saturated rings. The van der Waals surface area contributed by atoms with Crippen LogP contribution in [0.2, 0.25) is 0 Å².